The Balaban J connectivity index is 1.55. The summed E-state index contributed by atoms with van der Waals surface area (Å²) in [5, 5.41) is 11.1. The zero-order chi connectivity index (χ0) is 20.5. The number of ether oxygens (including phenoxy) is 1. The second-order valence-electron chi connectivity index (χ2n) is 6.79. The van der Waals surface area contributed by atoms with Crippen molar-refractivity contribution in [2.75, 3.05) is 18.6 Å². The van der Waals surface area contributed by atoms with Crippen molar-refractivity contribution < 1.29 is 18.9 Å². The molecule has 8 nitrogen and oxygen atoms in total. The molecule has 0 spiro atoms. The standard InChI is InChI=1S/C21H19N3O5/c1-13-18(22-21(29-13)15-4-7-17(28-2)8-5-15)12-20(25)23-10-9-14-3-6-16(24(26)27)11-19(14)23/h3-8,11H,9-10,12H2,1-2H3. The number of nitro benzene ring substituents is 1. The van der Waals surface area contributed by atoms with Crippen LogP contribution in [0.5, 0.6) is 5.75 Å². The van der Waals surface area contributed by atoms with Gasteiger partial charge in [-0.3, -0.25) is 14.9 Å². The zero-order valence-corrected chi connectivity index (χ0v) is 16.0. The van der Waals surface area contributed by atoms with E-state index in [0.717, 1.165) is 16.9 Å². The van der Waals surface area contributed by atoms with E-state index in [0.29, 0.717) is 36.0 Å². The molecule has 0 radical (unpaired) electrons. The highest BCUT2D eigenvalue weighted by atomic mass is 16.6. The van der Waals surface area contributed by atoms with Crippen molar-refractivity contribution >= 4 is 17.3 Å². The summed E-state index contributed by atoms with van der Waals surface area (Å²) in [6.07, 6.45) is 0.738. The number of fused-ring (bicyclic) bond motifs is 1. The summed E-state index contributed by atoms with van der Waals surface area (Å²) in [6, 6.07) is 11.9. The topological polar surface area (TPSA) is 98.7 Å². The van der Waals surface area contributed by atoms with Gasteiger partial charge in [0.05, 0.1) is 29.8 Å². The molecule has 0 atom stereocenters. The molecular weight excluding hydrogens is 374 g/mol. The van der Waals surface area contributed by atoms with Gasteiger partial charge < -0.3 is 14.1 Å². The highest BCUT2D eigenvalue weighted by molar-refractivity contribution is 5.97. The summed E-state index contributed by atoms with van der Waals surface area (Å²) in [4.78, 5) is 29.6. The summed E-state index contributed by atoms with van der Waals surface area (Å²) in [5.41, 5.74) is 2.85. The van der Waals surface area contributed by atoms with Gasteiger partial charge in [0.1, 0.15) is 11.5 Å². The fourth-order valence-electron chi connectivity index (χ4n) is 3.43. The van der Waals surface area contributed by atoms with Crippen molar-refractivity contribution in [3.05, 3.63) is 69.6 Å². The van der Waals surface area contributed by atoms with Gasteiger partial charge in [-0.1, -0.05) is 6.07 Å². The molecule has 1 aliphatic rings. The number of oxazole rings is 1. The monoisotopic (exact) mass is 393 g/mol. The Morgan fingerprint density at radius 2 is 2.03 bits per heavy atom. The fourth-order valence-corrected chi connectivity index (χ4v) is 3.43. The second kappa shape index (κ2) is 7.38. The molecule has 4 rings (SSSR count). The lowest BCUT2D eigenvalue weighted by Crippen LogP contribution is -2.30. The van der Waals surface area contributed by atoms with E-state index in [2.05, 4.69) is 4.98 Å². The van der Waals surface area contributed by atoms with E-state index in [4.69, 9.17) is 9.15 Å². The minimum atomic E-state index is -0.454. The van der Waals surface area contributed by atoms with Crippen LogP contribution >= 0.6 is 0 Å². The summed E-state index contributed by atoms with van der Waals surface area (Å²) in [5.74, 6) is 1.57. The molecule has 0 bridgehead atoms. The van der Waals surface area contributed by atoms with Gasteiger partial charge in [0.2, 0.25) is 11.8 Å². The van der Waals surface area contributed by atoms with E-state index in [-0.39, 0.29) is 18.0 Å². The Kier molecular flexibility index (Phi) is 4.75. The minimum absolute atomic E-state index is 0.0251. The van der Waals surface area contributed by atoms with Gasteiger partial charge in [-0.25, -0.2) is 4.98 Å². The molecule has 0 N–H and O–H groups in total. The molecule has 1 aromatic heterocycles. The molecule has 2 heterocycles. The molecule has 1 aliphatic heterocycles. The Bertz CT molecular complexity index is 1090. The average molecular weight is 393 g/mol. The lowest BCUT2D eigenvalue weighted by atomic mass is 10.1. The number of hydrogen-bond acceptors (Lipinski definition) is 6. The molecule has 0 saturated carbocycles. The first-order chi connectivity index (χ1) is 14.0. The molecule has 1 amide bonds. The maximum absolute atomic E-state index is 12.9. The van der Waals surface area contributed by atoms with Gasteiger partial charge in [0.25, 0.3) is 5.69 Å². The minimum Gasteiger partial charge on any atom is -0.497 e. The fraction of sp³-hybridized carbons (Fsp3) is 0.238. The van der Waals surface area contributed by atoms with Crippen LogP contribution in [0.4, 0.5) is 11.4 Å². The number of benzene rings is 2. The van der Waals surface area contributed by atoms with Gasteiger partial charge in [-0.05, 0) is 43.2 Å². The van der Waals surface area contributed by atoms with E-state index in [1.807, 2.05) is 24.3 Å². The van der Waals surface area contributed by atoms with Gasteiger partial charge in [0.15, 0.2) is 0 Å². The number of methoxy groups -OCH3 is 1. The predicted octanol–water partition coefficient (Wildman–Crippen LogP) is 3.70. The quantitative estimate of drug-likeness (QED) is 0.484. The maximum atomic E-state index is 12.9. The Hall–Kier alpha value is -3.68. The van der Waals surface area contributed by atoms with Crippen LogP contribution in [-0.2, 0) is 17.6 Å². The molecule has 0 aliphatic carbocycles. The lowest BCUT2D eigenvalue weighted by molar-refractivity contribution is -0.384. The Morgan fingerprint density at radius 3 is 2.72 bits per heavy atom. The molecule has 0 saturated heterocycles. The molecule has 148 valence electrons. The van der Waals surface area contributed by atoms with Crippen molar-refractivity contribution in [1.29, 1.82) is 0 Å². The van der Waals surface area contributed by atoms with E-state index >= 15 is 0 Å². The number of carbonyl (C=O) groups excluding carboxylic acids is 1. The third-order valence-electron chi connectivity index (χ3n) is 5.02. The third-order valence-corrected chi connectivity index (χ3v) is 5.02. The highest BCUT2D eigenvalue weighted by Gasteiger charge is 2.28. The average Bonchev–Trinajstić information content (AvgIpc) is 3.31. The molecule has 3 aromatic rings. The smallest absolute Gasteiger partial charge is 0.271 e. The SMILES string of the molecule is COc1ccc(-c2nc(CC(=O)N3CCc4ccc([N+](=O)[O-])cc43)c(C)o2)cc1. The van der Waals surface area contributed by atoms with Gasteiger partial charge in [-0.15, -0.1) is 0 Å². The normalized spacial score (nSPS) is 12.7. The summed E-state index contributed by atoms with van der Waals surface area (Å²) >= 11 is 0. The molecule has 0 unspecified atom stereocenters. The highest BCUT2D eigenvalue weighted by Crippen LogP contribution is 2.32. The number of hydrogen-bond donors (Lipinski definition) is 0. The van der Waals surface area contributed by atoms with E-state index in [9.17, 15) is 14.9 Å². The van der Waals surface area contributed by atoms with Crippen LogP contribution in [0.3, 0.4) is 0 Å². The van der Waals surface area contributed by atoms with Crippen molar-refractivity contribution in [2.45, 2.75) is 19.8 Å². The van der Waals surface area contributed by atoms with Crippen LogP contribution in [0.2, 0.25) is 0 Å². The van der Waals surface area contributed by atoms with Crippen molar-refractivity contribution in [1.82, 2.24) is 4.98 Å². The number of amides is 1. The Labute approximate surface area is 166 Å². The summed E-state index contributed by atoms with van der Waals surface area (Å²) < 4.78 is 10.9. The molecule has 2 aromatic carbocycles. The van der Waals surface area contributed by atoms with Crippen molar-refractivity contribution in [2.24, 2.45) is 0 Å². The Morgan fingerprint density at radius 1 is 1.28 bits per heavy atom. The number of aromatic nitrogens is 1. The first kappa shape index (κ1) is 18.7. The summed E-state index contributed by atoms with van der Waals surface area (Å²) in [7, 11) is 1.60. The van der Waals surface area contributed by atoms with Crippen LogP contribution < -0.4 is 9.64 Å². The third kappa shape index (κ3) is 3.56. The van der Waals surface area contributed by atoms with Gasteiger partial charge in [-0.2, -0.15) is 0 Å². The number of non-ortho nitro benzene ring substituents is 1. The maximum Gasteiger partial charge on any atom is 0.271 e. The van der Waals surface area contributed by atoms with E-state index in [1.165, 1.54) is 12.1 Å². The first-order valence-electron chi connectivity index (χ1n) is 9.14. The molecular formula is C21H19N3O5. The number of aryl methyl sites for hydroxylation is 1. The number of rotatable bonds is 5. The van der Waals surface area contributed by atoms with Crippen LogP contribution in [0.25, 0.3) is 11.5 Å². The van der Waals surface area contributed by atoms with Gasteiger partial charge in [0, 0.05) is 24.2 Å². The molecule has 0 fully saturated rings. The zero-order valence-electron chi connectivity index (χ0n) is 16.0. The first-order valence-corrected chi connectivity index (χ1v) is 9.14. The lowest BCUT2D eigenvalue weighted by Gasteiger charge is -2.16. The number of carbonyl (C=O) groups is 1. The number of anilines is 1. The van der Waals surface area contributed by atoms with Crippen LogP contribution in [0.15, 0.2) is 46.9 Å². The van der Waals surface area contributed by atoms with Crippen molar-refractivity contribution in [3.8, 4) is 17.2 Å². The summed E-state index contributed by atoms with van der Waals surface area (Å²) in [6.45, 7) is 2.27. The second-order valence-corrected chi connectivity index (χ2v) is 6.79. The number of nitrogens with zero attached hydrogens (tertiary/aromatic N) is 3. The van der Waals surface area contributed by atoms with Crippen LogP contribution in [0.1, 0.15) is 17.0 Å². The predicted molar refractivity (Wildman–Crippen MR) is 106 cm³/mol. The molecule has 8 heteroatoms. The van der Waals surface area contributed by atoms with E-state index in [1.54, 1.807) is 25.0 Å². The molecule has 29 heavy (non-hydrogen) atoms. The van der Waals surface area contributed by atoms with Gasteiger partial charge >= 0.3 is 0 Å². The van der Waals surface area contributed by atoms with Crippen molar-refractivity contribution in [3.63, 3.8) is 0 Å². The van der Waals surface area contributed by atoms with Crippen LogP contribution in [-0.4, -0.2) is 29.5 Å². The number of nitro groups is 1. The largest absolute Gasteiger partial charge is 0.497 e. The van der Waals surface area contributed by atoms with Crippen LogP contribution in [0, 0.1) is 17.0 Å². The van der Waals surface area contributed by atoms with E-state index < -0.39 is 4.92 Å².